The third-order valence-electron chi connectivity index (χ3n) is 4.89. The Labute approximate surface area is 171 Å². The molecule has 0 radical (unpaired) electrons. The molecular weight excluding hydrogens is 362 g/mol. The molecule has 1 aliphatic heterocycles. The van der Waals surface area contributed by atoms with Gasteiger partial charge < -0.3 is 14.4 Å². The highest BCUT2D eigenvalue weighted by Crippen LogP contribution is 2.28. The number of methoxy groups -OCH3 is 1. The second-order valence-electron chi connectivity index (χ2n) is 6.84. The number of benzene rings is 3. The molecule has 0 unspecified atom stereocenters. The van der Waals surface area contributed by atoms with Gasteiger partial charge in [-0.25, -0.2) is 0 Å². The first-order valence-corrected chi connectivity index (χ1v) is 9.82. The topological polar surface area (TPSA) is 37.3 Å². The number of piperazine rings is 1. The van der Waals surface area contributed by atoms with Gasteiger partial charge in [-0.2, -0.15) is 5.10 Å². The van der Waals surface area contributed by atoms with Gasteiger partial charge >= 0.3 is 0 Å². The van der Waals surface area contributed by atoms with Crippen LogP contribution < -0.4 is 14.4 Å². The van der Waals surface area contributed by atoms with Crippen molar-refractivity contribution in [2.24, 2.45) is 5.10 Å². The maximum atomic E-state index is 5.90. The Balaban J connectivity index is 1.35. The summed E-state index contributed by atoms with van der Waals surface area (Å²) in [5.74, 6) is 2.55. The summed E-state index contributed by atoms with van der Waals surface area (Å²) in [6, 6.07) is 25.9. The van der Waals surface area contributed by atoms with E-state index in [1.165, 1.54) is 0 Å². The number of nitrogens with zero attached hydrogens (tertiary/aromatic N) is 3. The number of hydrogen-bond acceptors (Lipinski definition) is 5. The smallest absolute Gasteiger partial charge is 0.142 e. The highest BCUT2D eigenvalue weighted by Gasteiger charge is 2.18. The van der Waals surface area contributed by atoms with Crippen molar-refractivity contribution in [3.05, 3.63) is 84.4 Å². The molecule has 29 heavy (non-hydrogen) atoms. The monoisotopic (exact) mass is 387 g/mol. The molecular formula is C24H25N3O2. The van der Waals surface area contributed by atoms with Crippen molar-refractivity contribution >= 4 is 11.9 Å². The molecule has 0 bridgehead atoms. The van der Waals surface area contributed by atoms with E-state index < -0.39 is 0 Å². The van der Waals surface area contributed by atoms with Crippen LogP contribution in [0.5, 0.6) is 17.2 Å². The van der Waals surface area contributed by atoms with Crippen molar-refractivity contribution in [1.29, 1.82) is 0 Å². The quantitative estimate of drug-likeness (QED) is 0.577. The van der Waals surface area contributed by atoms with E-state index in [-0.39, 0.29) is 0 Å². The lowest BCUT2D eigenvalue weighted by molar-refractivity contribution is 0.271. The van der Waals surface area contributed by atoms with E-state index in [4.69, 9.17) is 9.47 Å². The van der Waals surface area contributed by atoms with E-state index in [1.54, 1.807) is 7.11 Å². The number of hydrogen-bond donors (Lipinski definition) is 0. The van der Waals surface area contributed by atoms with Crippen molar-refractivity contribution in [1.82, 2.24) is 5.01 Å². The first-order valence-electron chi connectivity index (χ1n) is 9.82. The Morgan fingerprint density at radius 1 is 0.793 bits per heavy atom. The molecule has 1 saturated heterocycles. The summed E-state index contributed by atoms with van der Waals surface area (Å²) < 4.78 is 11.4. The highest BCUT2D eigenvalue weighted by molar-refractivity contribution is 5.80. The summed E-state index contributed by atoms with van der Waals surface area (Å²) in [4.78, 5) is 2.35. The van der Waals surface area contributed by atoms with Crippen LogP contribution in [0, 0.1) is 0 Å². The van der Waals surface area contributed by atoms with Gasteiger partial charge in [0.2, 0.25) is 0 Å². The van der Waals surface area contributed by atoms with Crippen LogP contribution in [0.15, 0.2) is 84.0 Å². The Morgan fingerprint density at radius 3 is 2.31 bits per heavy atom. The van der Waals surface area contributed by atoms with E-state index >= 15 is 0 Å². The molecule has 0 N–H and O–H groups in total. The van der Waals surface area contributed by atoms with E-state index in [0.717, 1.165) is 54.7 Å². The summed E-state index contributed by atoms with van der Waals surface area (Å²) in [5, 5.41) is 6.77. The van der Waals surface area contributed by atoms with Gasteiger partial charge in [-0.3, -0.25) is 5.01 Å². The molecule has 0 aliphatic carbocycles. The fourth-order valence-electron chi connectivity index (χ4n) is 3.37. The molecule has 0 amide bonds. The zero-order chi connectivity index (χ0) is 19.9. The van der Waals surface area contributed by atoms with Crippen LogP contribution in [-0.2, 0) is 0 Å². The highest BCUT2D eigenvalue weighted by atomic mass is 16.5. The van der Waals surface area contributed by atoms with Gasteiger partial charge in [-0.1, -0.05) is 42.5 Å². The van der Waals surface area contributed by atoms with Gasteiger partial charge in [0.15, 0.2) is 0 Å². The van der Waals surface area contributed by atoms with Crippen LogP contribution in [0.1, 0.15) is 5.56 Å². The van der Waals surface area contributed by atoms with E-state index in [0.29, 0.717) is 0 Å². The zero-order valence-electron chi connectivity index (χ0n) is 16.6. The molecule has 3 aromatic rings. The second-order valence-corrected chi connectivity index (χ2v) is 6.84. The minimum atomic E-state index is 0.807. The lowest BCUT2D eigenvalue weighted by atomic mass is 10.2. The van der Waals surface area contributed by atoms with Gasteiger partial charge in [-0.05, 0) is 42.0 Å². The number of anilines is 1. The Morgan fingerprint density at radius 2 is 1.52 bits per heavy atom. The number of hydrazone groups is 1. The number of para-hydroxylation sites is 3. The molecule has 0 spiro atoms. The molecule has 4 rings (SSSR count). The predicted molar refractivity (Wildman–Crippen MR) is 117 cm³/mol. The average molecular weight is 387 g/mol. The Hall–Kier alpha value is -3.47. The van der Waals surface area contributed by atoms with Gasteiger partial charge in [0.05, 0.1) is 32.1 Å². The summed E-state index contributed by atoms with van der Waals surface area (Å²) in [5.41, 5.74) is 2.16. The average Bonchev–Trinajstić information content (AvgIpc) is 2.79. The fourth-order valence-corrected chi connectivity index (χ4v) is 3.37. The standard InChI is InChI=1S/C24H25N3O2/c1-28-24-13-6-5-12-23(24)26-14-16-27(17-15-26)25-19-20-8-7-11-22(18-20)29-21-9-3-2-4-10-21/h2-13,18-19H,14-17H2,1H3/b25-19+. The molecule has 1 heterocycles. The van der Waals surface area contributed by atoms with Crippen molar-refractivity contribution in [2.75, 3.05) is 38.2 Å². The van der Waals surface area contributed by atoms with Crippen LogP contribution in [-0.4, -0.2) is 44.5 Å². The van der Waals surface area contributed by atoms with Gasteiger partial charge in [0, 0.05) is 13.1 Å². The molecule has 3 aromatic carbocycles. The lowest BCUT2D eigenvalue weighted by Gasteiger charge is -2.35. The molecule has 0 saturated carbocycles. The SMILES string of the molecule is COc1ccccc1N1CCN(/N=C/c2cccc(Oc3ccccc3)c2)CC1. The molecule has 1 fully saturated rings. The molecule has 0 aromatic heterocycles. The van der Waals surface area contributed by atoms with Crippen molar-refractivity contribution in [3.63, 3.8) is 0 Å². The van der Waals surface area contributed by atoms with Gasteiger partial charge in [0.25, 0.3) is 0 Å². The molecule has 1 aliphatic rings. The minimum Gasteiger partial charge on any atom is -0.495 e. The summed E-state index contributed by atoms with van der Waals surface area (Å²) in [7, 11) is 1.72. The maximum absolute atomic E-state index is 5.90. The van der Waals surface area contributed by atoms with Crippen LogP contribution in [0.3, 0.4) is 0 Å². The van der Waals surface area contributed by atoms with Gasteiger partial charge in [0.1, 0.15) is 17.2 Å². The third kappa shape index (κ3) is 4.88. The van der Waals surface area contributed by atoms with Crippen LogP contribution in [0.25, 0.3) is 0 Å². The van der Waals surface area contributed by atoms with Crippen molar-refractivity contribution < 1.29 is 9.47 Å². The Kier molecular flexibility index (Phi) is 5.95. The molecule has 148 valence electrons. The van der Waals surface area contributed by atoms with Crippen molar-refractivity contribution in [3.8, 4) is 17.2 Å². The van der Waals surface area contributed by atoms with Crippen LogP contribution in [0.2, 0.25) is 0 Å². The third-order valence-corrected chi connectivity index (χ3v) is 4.89. The Bertz CT molecular complexity index is 951. The van der Waals surface area contributed by atoms with Gasteiger partial charge in [-0.15, -0.1) is 0 Å². The lowest BCUT2D eigenvalue weighted by Crippen LogP contribution is -2.44. The second kappa shape index (κ2) is 9.15. The molecule has 0 atom stereocenters. The summed E-state index contributed by atoms with van der Waals surface area (Å²) >= 11 is 0. The maximum Gasteiger partial charge on any atom is 0.142 e. The number of rotatable bonds is 6. The molecule has 5 heteroatoms. The van der Waals surface area contributed by atoms with E-state index in [1.807, 2.05) is 79.0 Å². The van der Waals surface area contributed by atoms with Crippen molar-refractivity contribution in [2.45, 2.75) is 0 Å². The van der Waals surface area contributed by atoms with Crippen LogP contribution in [0.4, 0.5) is 5.69 Å². The molecule has 5 nitrogen and oxygen atoms in total. The van der Waals surface area contributed by atoms with Crippen LogP contribution >= 0.6 is 0 Å². The number of ether oxygens (including phenoxy) is 2. The first kappa shape index (κ1) is 18.9. The summed E-state index contributed by atoms with van der Waals surface area (Å²) in [6.07, 6.45) is 1.90. The van der Waals surface area contributed by atoms with E-state index in [2.05, 4.69) is 21.1 Å². The largest absolute Gasteiger partial charge is 0.495 e. The minimum absolute atomic E-state index is 0.807. The predicted octanol–water partition coefficient (Wildman–Crippen LogP) is 4.64. The summed E-state index contributed by atoms with van der Waals surface area (Å²) in [6.45, 7) is 3.56. The normalized spacial score (nSPS) is 14.2. The zero-order valence-corrected chi connectivity index (χ0v) is 16.6. The van der Waals surface area contributed by atoms with E-state index in [9.17, 15) is 0 Å². The fraction of sp³-hybridized carbons (Fsp3) is 0.208. The first-order chi connectivity index (χ1) is 14.3.